The Balaban J connectivity index is 2.01. The van der Waals surface area contributed by atoms with Crippen molar-refractivity contribution in [2.24, 2.45) is 5.73 Å². The highest BCUT2D eigenvalue weighted by atomic mass is 16.5. The van der Waals surface area contributed by atoms with E-state index >= 15 is 0 Å². The van der Waals surface area contributed by atoms with Crippen LogP contribution < -0.4 is 15.8 Å². The predicted molar refractivity (Wildman–Crippen MR) is 107 cm³/mol. The number of carboxylic acid groups (broad SMARTS) is 1. The fourth-order valence-corrected chi connectivity index (χ4v) is 3.37. The van der Waals surface area contributed by atoms with Crippen molar-refractivity contribution in [2.45, 2.75) is 31.3 Å². The number of fused-ring (bicyclic) bond motifs is 1. The molecule has 8 heteroatoms. The summed E-state index contributed by atoms with van der Waals surface area (Å²) in [5.74, 6) is -1.08. The summed E-state index contributed by atoms with van der Waals surface area (Å²) >= 11 is 0. The molecule has 7 N–H and O–H groups in total. The first-order valence-corrected chi connectivity index (χ1v) is 9.31. The van der Waals surface area contributed by atoms with Crippen LogP contribution in [0.15, 0.2) is 42.7 Å². The Morgan fingerprint density at radius 2 is 1.83 bits per heavy atom. The number of nitrogens with one attached hydrogen (secondary N) is 1. The molecular formula is C21H24N2O6. The second-order valence-corrected chi connectivity index (χ2v) is 6.89. The molecule has 1 aliphatic rings. The molecule has 154 valence electrons. The highest BCUT2D eigenvalue weighted by molar-refractivity contribution is 5.78. The monoisotopic (exact) mass is 400 g/mol. The number of phenols is 3. The lowest BCUT2D eigenvalue weighted by molar-refractivity contribution is -0.139. The van der Waals surface area contributed by atoms with E-state index in [1.807, 2.05) is 0 Å². The molecule has 1 aliphatic heterocycles. The number of unbranched alkanes of at least 4 members (excludes halogenated alkanes) is 1. The molecule has 29 heavy (non-hydrogen) atoms. The molecule has 8 nitrogen and oxygen atoms in total. The average Bonchev–Trinajstić information content (AvgIpc) is 2.67. The van der Waals surface area contributed by atoms with Crippen LogP contribution in [-0.4, -0.2) is 39.0 Å². The second-order valence-electron chi connectivity index (χ2n) is 6.89. The van der Waals surface area contributed by atoms with E-state index in [1.165, 1.54) is 30.5 Å². The topological polar surface area (TPSA) is 145 Å². The molecule has 2 unspecified atom stereocenters. The SMILES string of the molecule is NCCCCC(NC1C(c2ccc(O)cc2)=COc2cc(O)cc(O)c21)C(=O)O. The number of nitrogens with two attached hydrogens (primary N) is 1. The van der Waals surface area contributed by atoms with Crippen molar-refractivity contribution in [2.75, 3.05) is 6.54 Å². The summed E-state index contributed by atoms with van der Waals surface area (Å²) in [6.45, 7) is 0.477. The van der Waals surface area contributed by atoms with Gasteiger partial charge in [0.05, 0.1) is 17.9 Å². The quantitative estimate of drug-likeness (QED) is 0.371. The lowest BCUT2D eigenvalue weighted by Crippen LogP contribution is -2.40. The van der Waals surface area contributed by atoms with E-state index < -0.39 is 18.1 Å². The normalized spacial score (nSPS) is 16.4. The van der Waals surface area contributed by atoms with Gasteiger partial charge < -0.3 is 30.9 Å². The Labute approximate surface area is 167 Å². The van der Waals surface area contributed by atoms with Crippen LogP contribution in [0, 0.1) is 0 Å². The number of hydrogen-bond donors (Lipinski definition) is 6. The molecule has 2 atom stereocenters. The van der Waals surface area contributed by atoms with Crippen LogP contribution in [0.4, 0.5) is 0 Å². The molecular weight excluding hydrogens is 376 g/mol. The maximum atomic E-state index is 11.8. The molecule has 0 bridgehead atoms. The Bertz CT molecular complexity index is 910. The fraction of sp³-hybridized carbons (Fsp3) is 0.286. The molecule has 0 aliphatic carbocycles. The molecule has 0 aromatic heterocycles. The van der Waals surface area contributed by atoms with Crippen LogP contribution in [0.3, 0.4) is 0 Å². The first-order chi connectivity index (χ1) is 13.9. The maximum Gasteiger partial charge on any atom is 0.320 e. The number of rotatable bonds is 8. The molecule has 3 rings (SSSR count). The summed E-state index contributed by atoms with van der Waals surface area (Å²) < 4.78 is 5.60. The van der Waals surface area contributed by atoms with Crippen molar-refractivity contribution >= 4 is 11.5 Å². The molecule has 0 radical (unpaired) electrons. The van der Waals surface area contributed by atoms with Crippen LogP contribution in [0.2, 0.25) is 0 Å². The number of aromatic hydroxyl groups is 3. The molecule has 0 fully saturated rings. The third-order valence-electron chi connectivity index (χ3n) is 4.83. The van der Waals surface area contributed by atoms with Gasteiger partial charge in [-0.3, -0.25) is 10.1 Å². The van der Waals surface area contributed by atoms with E-state index in [9.17, 15) is 25.2 Å². The smallest absolute Gasteiger partial charge is 0.320 e. The van der Waals surface area contributed by atoms with Crippen molar-refractivity contribution < 1.29 is 30.0 Å². The zero-order valence-electron chi connectivity index (χ0n) is 15.7. The predicted octanol–water partition coefficient (Wildman–Crippen LogP) is 2.45. The van der Waals surface area contributed by atoms with Gasteiger partial charge in [-0.1, -0.05) is 18.6 Å². The number of carbonyl (C=O) groups is 1. The van der Waals surface area contributed by atoms with Gasteiger partial charge in [-0.05, 0) is 37.1 Å². The van der Waals surface area contributed by atoms with E-state index in [0.717, 1.165) is 0 Å². The highest BCUT2D eigenvalue weighted by Gasteiger charge is 2.33. The van der Waals surface area contributed by atoms with Gasteiger partial charge in [0.25, 0.3) is 0 Å². The van der Waals surface area contributed by atoms with E-state index in [2.05, 4.69) is 5.32 Å². The maximum absolute atomic E-state index is 11.8. The van der Waals surface area contributed by atoms with Crippen molar-refractivity contribution in [3.63, 3.8) is 0 Å². The first-order valence-electron chi connectivity index (χ1n) is 9.31. The minimum absolute atomic E-state index is 0.0916. The fourth-order valence-electron chi connectivity index (χ4n) is 3.37. The molecule has 0 saturated carbocycles. The number of carboxylic acids is 1. The summed E-state index contributed by atoms with van der Waals surface area (Å²) in [6, 6.07) is 7.32. The van der Waals surface area contributed by atoms with Crippen LogP contribution in [-0.2, 0) is 4.79 Å². The van der Waals surface area contributed by atoms with Crippen LogP contribution in [0.5, 0.6) is 23.0 Å². The number of benzene rings is 2. The Kier molecular flexibility index (Phi) is 6.26. The Morgan fingerprint density at radius 1 is 1.10 bits per heavy atom. The van der Waals surface area contributed by atoms with Gasteiger partial charge in [-0.25, -0.2) is 0 Å². The van der Waals surface area contributed by atoms with E-state index in [1.54, 1.807) is 12.1 Å². The standard InChI is InChI=1S/C21H24N2O6/c22-8-2-1-3-16(21(27)28)23-20-15(12-4-6-13(24)7-5-12)11-29-18-10-14(25)9-17(26)19(18)20/h4-7,9-11,16,20,23-26H,1-3,8,22H2,(H,27,28). The number of phenolic OH excluding ortho intramolecular Hbond substituents is 3. The number of ether oxygens (including phenoxy) is 1. The van der Waals surface area contributed by atoms with Gasteiger partial charge in [-0.2, -0.15) is 0 Å². The van der Waals surface area contributed by atoms with Crippen LogP contribution in [0.25, 0.3) is 5.57 Å². The van der Waals surface area contributed by atoms with Gasteiger partial charge in [0.2, 0.25) is 0 Å². The Hall–Kier alpha value is -3.23. The van der Waals surface area contributed by atoms with Gasteiger partial charge >= 0.3 is 5.97 Å². The largest absolute Gasteiger partial charge is 0.508 e. The number of aliphatic carboxylic acids is 1. The van der Waals surface area contributed by atoms with E-state index in [4.69, 9.17) is 10.5 Å². The van der Waals surface area contributed by atoms with E-state index in [0.29, 0.717) is 42.5 Å². The molecule has 0 amide bonds. The third-order valence-corrected chi connectivity index (χ3v) is 4.83. The van der Waals surface area contributed by atoms with Gasteiger partial charge in [-0.15, -0.1) is 0 Å². The summed E-state index contributed by atoms with van der Waals surface area (Å²) in [7, 11) is 0. The summed E-state index contributed by atoms with van der Waals surface area (Å²) in [5, 5.41) is 42.6. The lowest BCUT2D eigenvalue weighted by atomic mass is 9.89. The molecule has 0 spiro atoms. The van der Waals surface area contributed by atoms with Crippen molar-refractivity contribution in [1.29, 1.82) is 0 Å². The first kappa shape index (κ1) is 20.5. The average molecular weight is 400 g/mol. The van der Waals surface area contributed by atoms with Crippen molar-refractivity contribution in [1.82, 2.24) is 5.32 Å². The van der Waals surface area contributed by atoms with Crippen LogP contribution in [0.1, 0.15) is 36.4 Å². The summed E-state index contributed by atoms with van der Waals surface area (Å²) in [6.07, 6.45) is 3.15. The molecule has 0 saturated heterocycles. The highest BCUT2D eigenvalue weighted by Crippen LogP contribution is 2.46. The van der Waals surface area contributed by atoms with Gasteiger partial charge in [0.15, 0.2) is 0 Å². The van der Waals surface area contributed by atoms with Gasteiger partial charge in [0, 0.05) is 17.7 Å². The zero-order chi connectivity index (χ0) is 21.0. The minimum Gasteiger partial charge on any atom is -0.508 e. The van der Waals surface area contributed by atoms with Crippen molar-refractivity contribution in [3.05, 3.63) is 53.8 Å². The molecule has 2 aromatic rings. The zero-order valence-corrected chi connectivity index (χ0v) is 15.7. The third kappa shape index (κ3) is 4.61. The summed E-state index contributed by atoms with van der Waals surface area (Å²) in [5.41, 5.74) is 7.12. The molecule has 1 heterocycles. The summed E-state index contributed by atoms with van der Waals surface area (Å²) in [4.78, 5) is 11.8. The lowest BCUT2D eigenvalue weighted by Gasteiger charge is -2.31. The van der Waals surface area contributed by atoms with E-state index in [-0.39, 0.29) is 23.0 Å². The van der Waals surface area contributed by atoms with Crippen LogP contribution >= 0.6 is 0 Å². The number of hydrogen-bond acceptors (Lipinski definition) is 7. The second kappa shape index (κ2) is 8.85. The minimum atomic E-state index is -1.02. The van der Waals surface area contributed by atoms with Crippen molar-refractivity contribution in [3.8, 4) is 23.0 Å². The van der Waals surface area contributed by atoms with Gasteiger partial charge in [0.1, 0.15) is 29.0 Å². The molecule has 2 aromatic carbocycles. The Morgan fingerprint density at radius 3 is 2.48 bits per heavy atom.